The first-order chi connectivity index (χ1) is 15.8. The van der Waals surface area contributed by atoms with Crippen molar-refractivity contribution in [1.29, 1.82) is 0 Å². The first kappa shape index (κ1) is 25.5. The summed E-state index contributed by atoms with van der Waals surface area (Å²) >= 11 is 0. The van der Waals surface area contributed by atoms with Gasteiger partial charge in [0.2, 0.25) is 0 Å². The van der Waals surface area contributed by atoms with Gasteiger partial charge in [0.25, 0.3) is 0 Å². The number of allylic oxidation sites excluding steroid dienone is 4. The Balaban J connectivity index is 1.50. The lowest BCUT2D eigenvalue weighted by molar-refractivity contribution is -0.154. The number of aliphatic hydroxyl groups excluding tert-OH is 1. The average molecular weight is 473 g/mol. The highest BCUT2D eigenvalue weighted by atomic mass is 16.4. The van der Waals surface area contributed by atoms with E-state index in [-0.39, 0.29) is 28.8 Å². The van der Waals surface area contributed by atoms with Crippen LogP contribution in [0.25, 0.3) is 0 Å². The van der Waals surface area contributed by atoms with Crippen molar-refractivity contribution in [2.45, 2.75) is 105 Å². The molecule has 0 bridgehead atoms. The van der Waals surface area contributed by atoms with Gasteiger partial charge in [0.1, 0.15) is 0 Å². The fourth-order valence-electron chi connectivity index (χ4n) is 8.77. The molecule has 190 valence electrons. The molecular weight excluding hydrogens is 428 g/mol. The second-order valence-electron chi connectivity index (χ2n) is 12.9. The fraction of sp³-hybridized carbons (Fsp3) is 0.793. The maximum absolute atomic E-state index is 11.2. The standard InChI is InChI=1S/C29H44O5/c1-17(7-6-8-19(25(31)32)26(33)34)20-10-11-21-18-9-12-23-27(2,3)24(30)14-16-29(23,5)22(18)13-15-28(20,21)4/h11,17,19-20,23-24,30H,6-10,12-16H2,1-5H3,(H,31,32)(H,33,34)/t17-,20-,23+,24+,28-,29-/m1/s1. The Hall–Kier alpha value is -1.62. The number of aliphatic hydroxyl groups is 1. The van der Waals surface area contributed by atoms with Gasteiger partial charge in [0.05, 0.1) is 6.10 Å². The molecule has 5 nitrogen and oxygen atoms in total. The summed E-state index contributed by atoms with van der Waals surface area (Å²) in [6, 6.07) is 0. The summed E-state index contributed by atoms with van der Waals surface area (Å²) in [6.45, 7) is 11.7. The van der Waals surface area contributed by atoms with Gasteiger partial charge >= 0.3 is 11.9 Å². The van der Waals surface area contributed by atoms with Crippen LogP contribution in [0, 0.1) is 39.9 Å². The average Bonchev–Trinajstić information content (AvgIpc) is 3.11. The van der Waals surface area contributed by atoms with Gasteiger partial charge in [-0.1, -0.05) is 59.1 Å². The molecule has 0 aromatic rings. The number of carbonyl (C=O) groups is 2. The topological polar surface area (TPSA) is 94.8 Å². The Morgan fingerprint density at radius 3 is 2.32 bits per heavy atom. The molecule has 1 fully saturated rings. The van der Waals surface area contributed by atoms with Crippen LogP contribution in [0.2, 0.25) is 0 Å². The monoisotopic (exact) mass is 472 g/mol. The van der Waals surface area contributed by atoms with Gasteiger partial charge < -0.3 is 15.3 Å². The van der Waals surface area contributed by atoms with E-state index < -0.39 is 17.9 Å². The van der Waals surface area contributed by atoms with Crippen molar-refractivity contribution in [3.8, 4) is 0 Å². The Morgan fingerprint density at radius 2 is 1.68 bits per heavy atom. The van der Waals surface area contributed by atoms with Crippen molar-refractivity contribution in [1.82, 2.24) is 0 Å². The van der Waals surface area contributed by atoms with E-state index in [1.165, 1.54) is 0 Å². The lowest BCUT2D eigenvalue weighted by atomic mass is 9.46. The van der Waals surface area contributed by atoms with E-state index in [0.29, 0.717) is 24.2 Å². The molecule has 3 N–H and O–H groups in total. The van der Waals surface area contributed by atoms with Crippen LogP contribution in [-0.2, 0) is 9.59 Å². The van der Waals surface area contributed by atoms with Gasteiger partial charge in [-0.25, -0.2) is 0 Å². The van der Waals surface area contributed by atoms with E-state index in [9.17, 15) is 14.7 Å². The summed E-state index contributed by atoms with van der Waals surface area (Å²) in [4.78, 5) is 22.4. The number of carboxylic acid groups (broad SMARTS) is 2. The van der Waals surface area contributed by atoms with Crippen LogP contribution in [-0.4, -0.2) is 33.4 Å². The largest absolute Gasteiger partial charge is 0.481 e. The number of aliphatic carboxylic acids is 2. The summed E-state index contributed by atoms with van der Waals surface area (Å²) in [5.41, 5.74) is 5.16. The second kappa shape index (κ2) is 8.80. The van der Waals surface area contributed by atoms with Crippen LogP contribution >= 0.6 is 0 Å². The van der Waals surface area contributed by atoms with E-state index >= 15 is 0 Å². The summed E-state index contributed by atoms with van der Waals surface area (Å²) < 4.78 is 0. The summed E-state index contributed by atoms with van der Waals surface area (Å²) in [7, 11) is 0. The van der Waals surface area contributed by atoms with Crippen LogP contribution < -0.4 is 0 Å². The lowest BCUT2D eigenvalue weighted by Gasteiger charge is -2.59. The number of carboxylic acids is 2. The van der Waals surface area contributed by atoms with Crippen LogP contribution in [0.1, 0.15) is 98.8 Å². The Morgan fingerprint density at radius 1 is 1.00 bits per heavy atom. The summed E-state index contributed by atoms with van der Waals surface area (Å²) in [5, 5.41) is 29.1. The van der Waals surface area contributed by atoms with E-state index in [0.717, 1.165) is 51.4 Å². The van der Waals surface area contributed by atoms with Crippen molar-refractivity contribution in [2.24, 2.45) is 39.9 Å². The first-order valence-electron chi connectivity index (χ1n) is 13.4. The van der Waals surface area contributed by atoms with Gasteiger partial charge in [0.15, 0.2) is 5.92 Å². The lowest BCUT2D eigenvalue weighted by Crippen LogP contribution is -2.53. The molecule has 34 heavy (non-hydrogen) atoms. The normalized spacial score (nSPS) is 37.5. The molecule has 4 aliphatic carbocycles. The van der Waals surface area contributed by atoms with Crippen LogP contribution in [0.15, 0.2) is 22.8 Å². The molecular formula is C29H44O5. The quantitative estimate of drug-likeness (QED) is 0.382. The molecule has 0 heterocycles. The molecule has 4 rings (SSSR count). The van der Waals surface area contributed by atoms with E-state index in [2.05, 4.69) is 40.7 Å². The fourth-order valence-corrected chi connectivity index (χ4v) is 8.77. The maximum atomic E-state index is 11.2. The van der Waals surface area contributed by atoms with Crippen LogP contribution in [0.3, 0.4) is 0 Å². The Labute approximate surface area is 204 Å². The van der Waals surface area contributed by atoms with Gasteiger partial charge in [-0.3, -0.25) is 9.59 Å². The molecule has 0 aromatic carbocycles. The molecule has 0 saturated heterocycles. The zero-order valence-corrected chi connectivity index (χ0v) is 21.7. The summed E-state index contributed by atoms with van der Waals surface area (Å²) in [6.07, 6.45) is 11.6. The Kier molecular flexibility index (Phi) is 6.59. The highest BCUT2D eigenvalue weighted by Gasteiger charge is 2.57. The van der Waals surface area contributed by atoms with E-state index in [1.807, 2.05) is 0 Å². The Bertz CT molecular complexity index is 899. The van der Waals surface area contributed by atoms with Crippen molar-refractivity contribution < 1.29 is 24.9 Å². The molecule has 0 radical (unpaired) electrons. The SMILES string of the molecule is C[C@H](CCCC(C(=O)O)C(=O)O)[C@H]1CC=C2C3=C(CC[C@@]21C)[C@@]1(C)CC[C@H](O)C(C)(C)[C@@H]1CC3. The molecule has 0 amide bonds. The number of hydrogen-bond donors (Lipinski definition) is 3. The smallest absolute Gasteiger partial charge is 0.317 e. The number of rotatable bonds is 7. The molecule has 0 aliphatic heterocycles. The molecule has 6 atom stereocenters. The van der Waals surface area contributed by atoms with Crippen molar-refractivity contribution >= 4 is 11.9 Å². The molecule has 5 heteroatoms. The zero-order chi connectivity index (χ0) is 25.1. The molecule has 0 spiro atoms. The predicted octanol–water partition coefficient (Wildman–Crippen LogP) is 6.22. The highest BCUT2D eigenvalue weighted by molar-refractivity contribution is 5.92. The minimum Gasteiger partial charge on any atom is -0.481 e. The third-order valence-corrected chi connectivity index (χ3v) is 10.9. The van der Waals surface area contributed by atoms with Crippen molar-refractivity contribution in [3.63, 3.8) is 0 Å². The van der Waals surface area contributed by atoms with Gasteiger partial charge in [-0.05, 0) is 96.5 Å². The van der Waals surface area contributed by atoms with Crippen LogP contribution in [0.5, 0.6) is 0 Å². The highest BCUT2D eigenvalue weighted by Crippen LogP contribution is 2.66. The minimum atomic E-state index is -1.29. The number of hydrogen-bond acceptors (Lipinski definition) is 3. The molecule has 0 unspecified atom stereocenters. The third-order valence-electron chi connectivity index (χ3n) is 10.9. The second-order valence-corrected chi connectivity index (χ2v) is 12.9. The van der Waals surface area contributed by atoms with E-state index in [4.69, 9.17) is 10.2 Å². The molecule has 1 saturated carbocycles. The van der Waals surface area contributed by atoms with Gasteiger partial charge in [-0.15, -0.1) is 0 Å². The van der Waals surface area contributed by atoms with Crippen molar-refractivity contribution in [2.75, 3.05) is 0 Å². The van der Waals surface area contributed by atoms with Gasteiger partial charge in [0, 0.05) is 0 Å². The molecule has 4 aliphatic rings. The summed E-state index contributed by atoms with van der Waals surface area (Å²) in [5.74, 6) is -2.27. The first-order valence-corrected chi connectivity index (χ1v) is 13.4. The zero-order valence-electron chi connectivity index (χ0n) is 21.7. The van der Waals surface area contributed by atoms with Crippen molar-refractivity contribution in [3.05, 3.63) is 22.8 Å². The predicted molar refractivity (Wildman–Crippen MR) is 132 cm³/mol. The third kappa shape index (κ3) is 3.86. The maximum Gasteiger partial charge on any atom is 0.317 e. The van der Waals surface area contributed by atoms with Gasteiger partial charge in [-0.2, -0.15) is 0 Å². The number of fused-ring (bicyclic) bond motifs is 4. The minimum absolute atomic E-state index is 0.0445. The van der Waals surface area contributed by atoms with E-state index in [1.54, 1.807) is 16.7 Å². The van der Waals surface area contributed by atoms with Crippen LogP contribution in [0.4, 0.5) is 0 Å². The molecule has 0 aromatic heterocycles.